The smallest absolute Gasteiger partial charge is 0.223 e. The quantitative estimate of drug-likeness (QED) is 0.862. The zero-order valence-corrected chi connectivity index (χ0v) is 9.83. The maximum atomic E-state index is 13.2. The summed E-state index contributed by atoms with van der Waals surface area (Å²) in [6.45, 7) is 0.370. The summed E-state index contributed by atoms with van der Waals surface area (Å²) in [7, 11) is 3.34. The average molecular weight is 235 g/mol. The maximum Gasteiger partial charge on any atom is 0.223 e. The molecule has 1 N–H and O–H groups in total. The second-order valence-corrected chi connectivity index (χ2v) is 3.74. The van der Waals surface area contributed by atoms with E-state index < -0.39 is 5.82 Å². The third-order valence-corrected chi connectivity index (χ3v) is 2.28. The molecule has 0 saturated carbocycles. The van der Waals surface area contributed by atoms with Gasteiger partial charge in [0.1, 0.15) is 17.4 Å². The number of benzene rings is 1. The van der Waals surface area contributed by atoms with E-state index in [1.165, 1.54) is 17.0 Å². The Kier molecular flexibility index (Phi) is 4.46. The number of rotatable bonds is 4. The van der Waals surface area contributed by atoms with Gasteiger partial charge in [0.15, 0.2) is 0 Å². The SMILES string of the molecule is CN(C)C(=O)CCNc1cccc(F)c1C#N. The van der Waals surface area contributed by atoms with Crippen LogP contribution in [-0.4, -0.2) is 31.4 Å². The molecule has 0 aromatic heterocycles. The Labute approximate surface area is 99.7 Å². The summed E-state index contributed by atoms with van der Waals surface area (Å²) in [5.41, 5.74) is 0.392. The van der Waals surface area contributed by atoms with E-state index in [4.69, 9.17) is 5.26 Å². The highest BCUT2D eigenvalue weighted by atomic mass is 19.1. The largest absolute Gasteiger partial charge is 0.383 e. The summed E-state index contributed by atoms with van der Waals surface area (Å²) < 4.78 is 13.2. The fourth-order valence-electron chi connectivity index (χ4n) is 1.31. The molecule has 0 fully saturated rings. The minimum atomic E-state index is -0.559. The van der Waals surface area contributed by atoms with E-state index in [-0.39, 0.29) is 11.5 Å². The molecule has 0 heterocycles. The van der Waals surface area contributed by atoms with Crippen LogP contribution in [-0.2, 0) is 4.79 Å². The Balaban J connectivity index is 2.62. The van der Waals surface area contributed by atoms with Gasteiger partial charge in [0.05, 0.1) is 5.69 Å². The first kappa shape index (κ1) is 13.0. The lowest BCUT2D eigenvalue weighted by atomic mass is 10.2. The van der Waals surface area contributed by atoms with E-state index in [1.807, 2.05) is 0 Å². The van der Waals surface area contributed by atoms with E-state index in [1.54, 1.807) is 26.2 Å². The van der Waals surface area contributed by atoms with Crippen molar-refractivity contribution in [3.05, 3.63) is 29.6 Å². The zero-order chi connectivity index (χ0) is 12.8. The maximum absolute atomic E-state index is 13.2. The number of amides is 1. The first-order valence-corrected chi connectivity index (χ1v) is 5.19. The van der Waals surface area contributed by atoms with Crippen LogP contribution in [0, 0.1) is 17.1 Å². The van der Waals surface area contributed by atoms with E-state index >= 15 is 0 Å². The van der Waals surface area contributed by atoms with Crippen molar-refractivity contribution >= 4 is 11.6 Å². The van der Waals surface area contributed by atoms with Crippen LogP contribution in [0.25, 0.3) is 0 Å². The van der Waals surface area contributed by atoms with Gasteiger partial charge >= 0.3 is 0 Å². The van der Waals surface area contributed by atoms with Gasteiger partial charge in [-0.25, -0.2) is 4.39 Å². The van der Waals surface area contributed by atoms with Gasteiger partial charge in [-0.3, -0.25) is 4.79 Å². The normalized spacial score (nSPS) is 9.53. The first-order chi connectivity index (χ1) is 8.06. The Morgan fingerprint density at radius 3 is 2.82 bits per heavy atom. The van der Waals surface area contributed by atoms with Crippen LogP contribution in [0.3, 0.4) is 0 Å². The number of carbonyl (C=O) groups excluding carboxylic acids is 1. The molecule has 0 unspecified atom stereocenters. The van der Waals surface area contributed by atoms with Crippen molar-refractivity contribution in [1.82, 2.24) is 4.90 Å². The van der Waals surface area contributed by atoms with Crippen LogP contribution >= 0.6 is 0 Å². The molecule has 0 aliphatic carbocycles. The minimum Gasteiger partial charge on any atom is -0.383 e. The third kappa shape index (κ3) is 3.45. The summed E-state index contributed by atoms with van der Waals surface area (Å²) in [4.78, 5) is 12.8. The van der Waals surface area contributed by atoms with Gasteiger partial charge in [0, 0.05) is 27.1 Å². The highest BCUT2D eigenvalue weighted by Crippen LogP contribution is 2.17. The summed E-state index contributed by atoms with van der Waals surface area (Å²) in [5.74, 6) is -0.580. The summed E-state index contributed by atoms with van der Waals surface area (Å²) >= 11 is 0. The van der Waals surface area contributed by atoms with Gasteiger partial charge in [0.25, 0.3) is 0 Å². The predicted octanol–water partition coefficient (Wildman–Crippen LogP) is 1.59. The molecule has 1 aromatic carbocycles. The van der Waals surface area contributed by atoms with Gasteiger partial charge in [-0.05, 0) is 12.1 Å². The highest BCUT2D eigenvalue weighted by molar-refractivity contribution is 5.76. The number of nitriles is 1. The molecule has 1 rings (SSSR count). The molecule has 4 nitrogen and oxygen atoms in total. The van der Waals surface area contributed by atoms with Crippen molar-refractivity contribution in [1.29, 1.82) is 5.26 Å². The van der Waals surface area contributed by atoms with Crippen molar-refractivity contribution < 1.29 is 9.18 Å². The number of carbonyl (C=O) groups is 1. The molecule has 0 aliphatic rings. The Hall–Kier alpha value is -2.09. The van der Waals surface area contributed by atoms with Crippen molar-refractivity contribution in [2.24, 2.45) is 0 Å². The van der Waals surface area contributed by atoms with Crippen LogP contribution in [0.15, 0.2) is 18.2 Å². The Morgan fingerprint density at radius 2 is 2.24 bits per heavy atom. The van der Waals surface area contributed by atoms with E-state index in [2.05, 4.69) is 5.32 Å². The lowest BCUT2D eigenvalue weighted by Gasteiger charge is -2.11. The summed E-state index contributed by atoms with van der Waals surface area (Å²) in [6, 6.07) is 6.16. The number of nitrogens with one attached hydrogen (secondary N) is 1. The van der Waals surface area contributed by atoms with Gasteiger partial charge in [-0.15, -0.1) is 0 Å². The molecule has 0 radical (unpaired) electrons. The van der Waals surface area contributed by atoms with E-state index in [0.717, 1.165) is 0 Å². The number of hydrogen-bond acceptors (Lipinski definition) is 3. The molecule has 1 amide bonds. The standard InChI is InChI=1S/C12H14FN3O/c1-16(2)12(17)6-7-15-11-5-3-4-10(13)9(11)8-14/h3-5,15H,6-7H2,1-2H3. The van der Waals surface area contributed by atoms with Crippen molar-refractivity contribution in [2.45, 2.75) is 6.42 Å². The summed E-state index contributed by atoms with van der Waals surface area (Å²) in [6.07, 6.45) is 0.300. The topological polar surface area (TPSA) is 56.1 Å². The van der Waals surface area contributed by atoms with Crippen LogP contribution in [0.5, 0.6) is 0 Å². The predicted molar refractivity (Wildman–Crippen MR) is 62.9 cm³/mol. The first-order valence-electron chi connectivity index (χ1n) is 5.19. The number of halogens is 1. The van der Waals surface area contributed by atoms with E-state index in [0.29, 0.717) is 18.7 Å². The Bertz CT molecular complexity index is 452. The lowest BCUT2D eigenvalue weighted by Crippen LogP contribution is -2.24. The molecule has 0 spiro atoms. The second kappa shape index (κ2) is 5.85. The monoisotopic (exact) mass is 235 g/mol. The van der Waals surface area contributed by atoms with Crippen LogP contribution in [0.4, 0.5) is 10.1 Å². The molecule has 0 aliphatic heterocycles. The number of hydrogen-bond donors (Lipinski definition) is 1. The fourth-order valence-corrected chi connectivity index (χ4v) is 1.31. The molecule has 5 heteroatoms. The number of nitrogens with zero attached hydrogens (tertiary/aromatic N) is 2. The molecule has 0 saturated heterocycles. The van der Waals surface area contributed by atoms with E-state index in [9.17, 15) is 9.18 Å². The van der Waals surface area contributed by atoms with Crippen LogP contribution < -0.4 is 5.32 Å². The molecular formula is C12H14FN3O. The molecule has 0 atom stereocenters. The molecule has 17 heavy (non-hydrogen) atoms. The van der Waals surface area contributed by atoms with Crippen molar-refractivity contribution in [2.75, 3.05) is 26.0 Å². The molecule has 90 valence electrons. The highest BCUT2D eigenvalue weighted by Gasteiger charge is 2.08. The lowest BCUT2D eigenvalue weighted by molar-refractivity contribution is -0.128. The van der Waals surface area contributed by atoms with Crippen LogP contribution in [0.2, 0.25) is 0 Å². The average Bonchev–Trinajstić information content (AvgIpc) is 2.29. The zero-order valence-electron chi connectivity index (χ0n) is 9.83. The number of anilines is 1. The fraction of sp³-hybridized carbons (Fsp3) is 0.333. The van der Waals surface area contributed by atoms with Crippen molar-refractivity contribution in [3.63, 3.8) is 0 Å². The van der Waals surface area contributed by atoms with Gasteiger partial charge < -0.3 is 10.2 Å². The van der Waals surface area contributed by atoms with Gasteiger partial charge in [-0.1, -0.05) is 6.07 Å². The minimum absolute atomic E-state index is 0.0209. The molecule has 0 bridgehead atoms. The second-order valence-electron chi connectivity index (χ2n) is 3.74. The van der Waals surface area contributed by atoms with Crippen molar-refractivity contribution in [3.8, 4) is 6.07 Å². The third-order valence-electron chi connectivity index (χ3n) is 2.28. The Morgan fingerprint density at radius 1 is 1.53 bits per heavy atom. The molecule has 1 aromatic rings. The van der Waals surface area contributed by atoms with Gasteiger partial charge in [0.2, 0.25) is 5.91 Å². The summed E-state index contributed by atoms with van der Waals surface area (Å²) in [5, 5.41) is 11.7. The molecular weight excluding hydrogens is 221 g/mol. The van der Waals surface area contributed by atoms with Gasteiger partial charge in [-0.2, -0.15) is 5.26 Å². The van der Waals surface area contributed by atoms with Crippen LogP contribution in [0.1, 0.15) is 12.0 Å².